The maximum absolute atomic E-state index is 12.0. The molecule has 1 aliphatic rings. The van der Waals surface area contributed by atoms with Crippen LogP contribution in [-0.4, -0.2) is 11.9 Å². The van der Waals surface area contributed by atoms with Crippen molar-refractivity contribution in [1.82, 2.24) is 0 Å². The average molecular weight is 285 g/mol. The van der Waals surface area contributed by atoms with Gasteiger partial charge in [0.05, 0.1) is 0 Å². The minimum absolute atomic E-state index is 0.0150. The third-order valence-corrected chi connectivity index (χ3v) is 3.42. The zero-order valence-electron chi connectivity index (χ0n) is 10.7. The van der Waals surface area contributed by atoms with Gasteiger partial charge >= 0.3 is 0 Å². The van der Waals surface area contributed by atoms with Crippen LogP contribution in [0.2, 0.25) is 5.02 Å². The second-order valence-corrected chi connectivity index (χ2v) is 5.12. The first-order valence-electron chi connectivity index (χ1n) is 6.42. The molecule has 1 fully saturated rings. The molecule has 2 aromatic carbocycles. The smallest absolute Gasteiger partial charge is 0.187 e. The Bertz CT molecular complexity index is 649. The summed E-state index contributed by atoms with van der Waals surface area (Å²) in [7, 11) is 0. The van der Waals surface area contributed by atoms with Crippen molar-refractivity contribution in [1.29, 1.82) is 0 Å². The molecule has 100 valence electrons. The molecule has 2 unspecified atom stereocenters. The summed E-state index contributed by atoms with van der Waals surface area (Å²) >= 11 is 5.89. The molecule has 2 nitrogen and oxygen atoms in total. The van der Waals surface area contributed by atoms with Crippen LogP contribution < -0.4 is 0 Å². The van der Waals surface area contributed by atoms with Crippen molar-refractivity contribution in [3.05, 3.63) is 76.8 Å². The molecule has 0 N–H and O–H groups in total. The zero-order valence-corrected chi connectivity index (χ0v) is 11.5. The molecule has 0 amide bonds. The van der Waals surface area contributed by atoms with Crippen LogP contribution in [0.25, 0.3) is 6.08 Å². The van der Waals surface area contributed by atoms with Crippen molar-refractivity contribution < 1.29 is 9.53 Å². The number of benzene rings is 2. The van der Waals surface area contributed by atoms with Gasteiger partial charge in [0.15, 0.2) is 11.9 Å². The summed E-state index contributed by atoms with van der Waals surface area (Å²) in [6, 6.07) is 17.1. The fourth-order valence-electron chi connectivity index (χ4n) is 2.11. The molecule has 3 rings (SSSR count). The first kappa shape index (κ1) is 13.1. The summed E-state index contributed by atoms with van der Waals surface area (Å²) in [5.74, 6) is -0.0150. The van der Waals surface area contributed by atoms with Crippen molar-refractivity contribution in [2.24, 2.45) is 0 Å². The SMILES string of the molecule is O=C(/C=C/c1cccc(Cl)c1)C1OC1c1ccccc1. The molecule has 3 heteroatoms. The van der Waals surface area contributed by atoms with Crippen LogP contribution in [0.15, 0.2) is 60.7 Å². The average Bonchev–Trinajstić information content (AvgIpc) is 3.26. The van der Waals surface area contributed by atoms with Crippen LogP contribution in [0.4, 0.5) is 0 Å². The van der Waals surface area contributed by atoms with Gasteiger partial charge in [-0.2, -0.15) is 0 Å². The number of rotatable bonds is 4. The molecule has 0 aliphatic carbocycles. The highest BCUT2D eigenvalue weighted by atomic mass is 35.5. The van der Waals surface area contributed by atoms with E-state index in [1.165, 1.54) is 0 Å². The van der Waals surface area contributed by atoms with Crippen LogP contribution in [0, 0.1) is 0 Å². The minimum atomic E-state index is -0.354. The molecule has 0 spiro atoms. The Hall–Kier alpha value is -1.90. The summed E-state index contributed by atoms with van der Waals surface area (Å²) in [4.78, 5) is 12.0. The van der Waals surface area contributed by atoms with Crippen molar-refractivity contribution in [3.63, 3.8) is 0 Å². The van der Waals surface area contributed by atoms with Crippen LogP contribution in [0.5, 0.6) is 0 Å². The monoisotopic (exact) mass is 284 g/mol. The number of ketones is 1. The van der Waals surface area contributed by atoms with Gasteiger partial charge in [-0.15, -0.1) is 0 Å². The highest BCUT2D eigenvalue weighted by Crippen LogP contribution is 2.39. The molecule has 2 atom stereocenters. The van der Waals surface area contributed by atoms with Crippen LogP contribution in [-0.2, 0) is 9.53 Å². The Morgan fingerprint density at radius 2 is 1.90 bits per heavy atom. The van der Waals surface area contributed by atoms with Crippen molar-refractivity contribution in [2.75, 3.05) is 0 Å². The molecule has 20 heavy (non-hydrogen) atoms. The van der Waals surface area contributed by atoms with E-state index in [-0.39, 0.29) is 18.0 Å². The van der Waals surface area contributed by atoms with Crippen LogP contribution >= 0.6 is 11.6 Å². The summed E-state index contributed by atoms with van der Waals surface area (Å²) in [5.41, 5.74) is 1.95. The van der Waals surface area contributed by atoms with E-state index in [2.05, 4.69) is 0 Å². The lowest BCUT2D eigenvalue weighted by Gasteiger charge is -1.94. The van der Waals surface area contributed by atoms with Gasteiger partial charge < -0.3 is 4.74 Å². The van der Waals surface area contributed by atoms with E-state index in [0.717, 1.165) is 11.1 Å². The summed E-state index contributed by atoms with van der Waals surface area (Å²) in [6.45, 7) is 0. The van der Waals surface area contributed by atoms with Crippen molar-refractivity contribution in [2.45, 2.75) is 12.2 Å². The third-order valence-electron chi connectivity index (χ3n) is 3.19. The van der Waals surface area contributed by atoms with E-state index in [1.807, 2.05) is 48.5 Å². The number of halogens is 1. The van der Waals surface area contributed by atoms with E-state index in [4.69, 9.17) is 16.3 Å². The summed E-state index contributed by atoms with van der Waals surface area (Å²) < 4.78 is 5.45. The first-order chi connectivity index (χ1) is 9.74. The van der Waals surface area contributed by atoms with Gasteiger partial charge in [0, 0.05) is 5.02 Å². The van der Waals surface area contributed by atoms with E-state index >= 15 is 0 Å². The predicted octanol–water partition coefficient (Wildman–Crippen LogP) is 4.06. The van der Waals surface area contributed by atoms with E-state index in [1.54, 1.807) is 18.2 Å². The number of carbonyl (C=O) groups is 1. The van der Waals surface area contributed by atoms with Gasteiger partial charge in [-0.3, -0.25) is 4.79 Å². The standard InChI is InChI=1S/C17H13ClO2/c18-14-8-4-5-12(11-14)9-10-15(19)17-16(20-17)13-6-2-1-3-7-13/h1-11,16-17H/b10-9+. The molecular weight excluding hydrogens is 272 g/mol. The lowest BCUT2D eigenvalue weighted by Crippen LogP contribution is -2.03. The third kappa shape index (κ3) is 2.98. The number of hydrogen-bond acceptors (Lipinski definition) is 2. The normalized spacial score (nSPS) is 21.1. The Morgan fingerprint density at radius 1 is 1.10 bits per heavy atom. The molecule has 0 aromatic heterocycles. The van der Waals surface area contributed by atoms with Crippen LogP contribution in [0.1, 0.15) is 17.2 Å². The summed E-state index contributed by atoms with van der Waals surface area (Å²) in [6.07, 6.45) is 2.86. The highest BCUT2D eigenvalue weighted by molar-refractivity contribution is 6.30. The lowest BCUT2D eigenvalue weighted by atomic mass is 10.1. The maximum atomic E-state index is 12.0. The first-order valence-corrected chi connectivity index (χ1v) is 6.80. The van der Waals surface area contributed by atoms with Gasteiger partial charge in [0.25, 0.3) is 0 Å². The van der Waals surface area contributed by atoms with Gasteiger partial charge in [-0.1, -0.05) is 60.1 Å². The quantitative estimate of drug-likeness (QED) is 0.626. The number of epoxide rings is 1. The molecule has 0 saturated carbocycles. The Morgan fingerprint density at radius 3 is 2.65 bits per heavy atom. The van der Waals surface area contributed by atoms with Gasteiger partial charge in [-0.05, 0) is 29.3 Å². The number of ether oxygens (including phenoxy) is 1. The predicted molar refractivity (Wildman–Crippen MR) is 79.5 cm³/mol. The Balaban J connectivity index is 1.64. The number of carbonyl (C=O) groups excluding carboxylic acids is 1. The lowest BCUT2D eigenvalue weighted by molar-refractivity contribution is -0.115. The minimum Gasteiger partial charge on any atom is -0.356 e. The zero-order chi connectivity index (χ0) is 13.9. The maximum Gasteiger partial charge on any atom is 0.187 e. The molecule has 1 aliphatic heterocycles. The second kappa shape index (κ2) is 5.61. The van der Waals surface area contributed by atoms with Gasteiger partial charge in [0.1, 0.15) is 6.10 Å². The summed E-state index contributed by atoms with van der Waals surface area (Å²) in [5, 5.41) is 0.657. The molecule has 1 heterocycles. The van der Waals surface area contributed by atoms with Crippen molar-refractivity contribution in [3.8, 4) is 0 Å². The topological polar surface area (TPSA) is 29.6 Å². The van der Waals surface area contributed by atoms with E-state index in [0.29, 0.717) is 5.02 Å². The second-order valence-electron chi connectivity index (χ2n) is 4.68. The van der Waals surface area contributed by atoms with Crippen LogP contribution in [0.3, 0.4) is 0 Å². The fraction of sp³-hybridized carbons (Fsp3) is 0.118. The Labute approximate surface area is 122 Å². The molecular formula is C17H13ClO2. The van der Waals surface area contributed by atoms with Crippen molar-refractivity contribution >= 4 is 23.5 Å². The Kier molecular flexibility index (Phi) is 3.68. The van der Waals surface area contributed by atoms with Gasteiger partial charge in [-0.25, -0.2) is 0 Å². The van der Waals surface area contributed by atoms with E-state index < -0.39 is 0 Å². The van der Waals surface area contributed by atoms with Gasteiger partial charge in [0.2, 0.25) is 0 Å². The molecule has 0 radical (unpaired) electrons. The molecule has 1 saturated heterocycles. The molecule has 2 aromatic rings. The largest absolute Gasteiger partial charge is 0.356 e. The fourth-order valence-corrected chi connectivity index (χ4v) is 2.31. The number of hydrogen-bond donors (Lipinski definition) is 0. The molecule has 0 bridgehead atoms. The highest BCUT2D eigenvalue weighted by Gasteiger charge is 2.44. The van der Waals surface area contributed by atoms with E-state index in [9.17, 15) is 4.79 Å².